The van der Waals surface area contributed by atoms with Gasteiger partial charge >= 0.3 is 0 Å². The third kappa shape index (κ3) is 8.97. The summed E-state index contributed by atoms with van der Waals surface area (Å²) in [5.74, 6) is 0.562. The lowest BCUT2D eigenvalue weighted by molar-refractivity contribution is -0.131. The third-order valence-electron chi connectivity index (χ3n) is 7.52. The van der Waals surface area contributed by atoms with Crippen LogP contribution in [-0.2, 0) is 9.53 Å². The van der Waals surface area contributed by atoms with Gasteiger partial charge in [-0.15, -0.1) is 0 Å². The van der Waals surface area contributed by atoms with Gasteiger partial charge in [-0.3, -0.25) is 4.79 Å². The molecule has 1 aliphatic heterocycles. The first-order chi connectivity index (χ1) is 20.0. The van der Waals surface area contributed by atoms with E-state index in [1.165, 1.54) is 0 Å². The smallest absolute Gasteiger partial charge is 0.253 e. The highest BCUT2D eigenvalue weighted by Gasteiger charge is 2.31. The lowest BCUT2D eigenvalue weighted by atomic mass is 9.88. The third-order valence-corrected chi connectivity index (χ3v) is 7.52. The molecule has 2 heterocycles. The molecule has 1 fully saturated rings. The van der Waals surface area contributed by atoms with E-state index in [0.717, 1.165) is 53.8 Å². The van der Waals surface area contributed by atoms with Crippen molar-refractivity contribution < 1.29 is 9.53 Å². The molecule has 1 amide bonds. The van der Waals surface area contributed by atoms with Crippen molar-refractivity contribution >= 4 is 11.9 Å². The zero-order valence-electron chi connectivity index (χ0n) is 24.1. The normalized spacial score (nSPS) is 25.3. The number of rotatable bonds is 12. The largest absolute Gasteiger partial charge is 0.364 e. The minimum absolute atomic E-state index is 0.0488. The zero-order chi connectivity index (χ0) is 29.0. The second kappa shape index (κ2) is 15.5. The molecule has 3 radical (unpaired) electrons. The summed E-state index contributed by atoms with van der Waals surface area (Å²) >= 11 is 0. The number of ether oxygens (including phenoxy) is 1. The predicted molar refractivity (Wildman–Crippen MR) is 165 cm³/mol. The molecule has 41 heavy (non-hydrogen) atoms. The van der Waals surface area contributed by atoms with Gasteiger partial charge in [-0.2, -0.15) is 0 Å². The minimum Gasteiger partial charge on any atom is -0.364 e. The fourth-order valence-electron chi connectivity index (χ4n) is 5.07. The Labute approximate surface area is 245 Å². The lowest BCUT2D eigenvalue weighted by Crippen LogP contribution is -2.38. The van der Waals surface area contributed by atoms with Crippen LogP contribution in [0.25, 0.3) is 0 Å². The minimum atomic E-state index is -0.468. The summed E-state index contributed by atoms with van der Waals surface area (Å²) in [5.41, 5.74) is 10.3. The van der Waals surface area contributed by atoms with Crippen LogP contribution in [0.15, 0.2) is 89.4 Å². The Morgan fingerprint density at radius 3 is 2.80 bits per heavy atom. The molecule has 4 N–H and O–H groups in total. The second-order valence-corrected chi connectivity index (χ2v) is 10.7. The molecule has 2 aliphatic carbocycles. The standard InChI is InChI=1S/C34H42N5O2/c1-4-5-12-27(21-25(3)26-13-10-8-6-7-9-11-14-26)30-19-20-36-34(38-30)39-31-22-28(16-15-24(31)2)37-33(40)32-18-17-29(23-35)41-32/h3,6-11,13-16,19-20,22,27,29,31-32H,4-5,12,17-18,21,23,35H2,1-2H3,(H,37,40)(H,36,38,39)/b8-6-,9-7-,13-10-,25-3?,26-14?. The number of hydrogen-bond acceptors (Lipinski definition) is 6. The van der Waals surface area contributed by atoms with E-state index < -0.39 is 6.10 Å². The highest BCUT2D eigenvalue weighted by molar-refractivity contribution is 5.83. The van der Waals surface area contributed by atoms with Crippen molar-refractivity contribution in [2.24, 2.45) is 5.73 Å². The Morgan fingerprint density at radius 1 is 1.17 bits per heavy atom. The van der Waals surface area contributed by atoms with Crippen LogP contribution in [0.4, 0.5) is 5.95 Å². The first-order valence-electron chi connectivity index (χ1n) is 14.6. The summed E-state index contributed by atoms with van der Waals surface area (Å²) in [5, 5.41) is 6.44. The molecule has 1 saturated heterocycles. The number of hydrogen-bond donors (Lipinski definition) is 3. The van der Waals surface area contributed by atoms with Gasteiger partial charge in [0.1, 0.15) is 6.10 Å². The van der Waals surface area contributed by atoms with Gasteiger partial charge in [0.15, 0.2) is 0 Å². The van der Waals surface area contributed by atoms with Crippen molar-refractivity contribution in [3.8, 4) is 0 Å². The van der Waals surface area contributed by atoms with E-state index in [2.05, 4.69) is 22.5 Å². The summed E-state index contributed by atoms with van der Waals surface area (Å²) in [7, 11) is 0. The van der Waals surface area contributed by atoms with E-state index in [1.807, 2.05) is 80.5 Å². The quantitative estimate of drug-likeness (QED) is 0.305. The topological polar surface area (TPSA) is 102 Å². The average Bonchev–Trinajstić information content (AvgIpc) is 3.51. The van der Waals surface area contributed by atoms with Crippen molar-refractivity contribution in [1.82, 2.24) is 15.3 Å². The first kappa shape index (κ1) is 30.4. The maximum atomic E-state index is 12.8. The Balaban J connectivity index is 1.41. The van der Waals surface area contributed by atoms with Crippen LogP contribution in [0.3, 0.4) is 0 Å². The summed E-state index contributed by atoms with van der Waals surface area (Å²) < 4.78 is 5.75. The fraction of sp³-hybridized carbons (Fsp3) is 0.382. The van der Waals surface area contributed by atoms with Gasteiger partial charge in [0.2, 0.25) is 5.95 Å². The molecule has 1 aromatic heterocycles. The first-order valence-corrected chi connectivity index (χ1v) is 14.6. The van der Waals surface area contributed by atoms with Crippen LogP contribution in [0.5, 0.6) is 0 Å². The van der Waals surface area contributed by atoms with E-state index in [0.29, 0.717) is 25.3 Å². The van der Waals surface area contributed by atoms with E-state index in [-0.39, 0.29) is 24.0 Å². The van der Waals surface area contributed by atoms with Gasteiger partial charge in [0.05, 0.1) is 12.1 Å². The number of nitrogens with one attached hydrogen (secondary N) is 2. The molecule has 4 unspecified atom stereocenters. The molecule has 0 spiro atoms. The Bertz CT molecular complexity index is 1260. The van der Waals surface area contributed by atoms with E-state index in [4.69, 9.17) is 22.0 Å². The highest BCUT2D eigenvalue weighted by Crippen LogP contribution is 2.31. The van der Waals surface area contributed by atoms with Crippen LogP contribution in [0.1, 0.15) is 64.0 Å². The summed E-state index contributed by atoms with van der Waals surface area (Å²) in [6.07, 6.45) is 28.6. The highest BCUT2D eigenvalue weighted by atomic mass is 16.5. The molecule has 0 saturated carbocycles. The molecule has 0 bridgehead atoms. The van der Waals surface area contributed by atoms with Crippen LogP contribution in [-0.4, -0.2) is 40.7 Å². The monoisotopic (exact) mass is 552 g/mol. The van der Waals surface area contributed by atoms with Crippen LogP contribution in [0, 0.1) is 19.4 Å². The number of allylic oxidation sites excluding steroid dienone is 11. The number of unbranched alkanes of at least 4 members (excludes halogenated alkanes) is 1. The number of amides is 1. The van der Waals surface area contributed by atoms with Crippen molar-refractivity contribution in [3.63, 3.8) is 0 Å². The fourth-order valence-corrected chi connectivity index (χ4v) is 5.07. The van der Waals surface area contributed by atoms with Gasteiger partial charge in [-0.05, 0) is 55.9 Å². The van der Waals surface area contributed by atoms with Crippen molar-refractivity contribution in [1.29, 1.82) is 0 Å². The Hall–Kier alpha value is -3.55. The molecule has 4 atom stereocenters. The molecule has 7 heteroatoms. The molecular weight excluding hydrogens is 510 g/mol. The van der Waals surface area contributed by atoms with Crippen LogP contribution >= 0.6 is 0 Å². The van der Waals surface area contributed by atoms with Crippen molar-refractivity contribution in [3.05, 3.63) is 114 Å². The Morgan fingerprint density at radius 2 is 2.00 bits per heavy atom. The van der Waals surface area contributed by atoms with E-state index >= 15 is 0 Å². The number of anilines is 1. The van der Waals surface area contributed by atoms with Gasteiger partial charge in [-0.25, -0.2) is 9.97 Å². The molecule has 3 aliphatic rings. The Kier molecular flexibility index (Phi) is 11.5. The summed E-state index contributed by atoms with van der Waals surface area (Å²) in [6, 6.07) is 1.82. The van der Waals surface area contributed by atoms with Gasteiger partial charge in [0, 0.05) is 42.9 Å². The van der Waals surface area contributed by atoms with Crippen molar-refractivity contribution in [2.75, 3.05) is 11.9 Å². The molecular formula is C34H42N5O2. The number of nitrogens with two attached hydrogens (primary N) is 1. The molecule has 7 nitrogen and oxygen atoms in total. The second-order valence-electron chi connectivity index (χ2n) is 10.7. The van der Waals surface area contributed by atoms with Gasteiger partial charge < -0.3 is 21.1 Å². The number of nitrogens with zero attached hydrogens (tertiary/aromatic N) is 2. The van der Waals surface area contributed by atoms with Crippen LogP contribution in [0.2, 0.25) is 0 Å². The summed E-state index contributed by atoms with van der Waals surface area (Å²) in [6.45, 7) is 11.3. The van der Waals surface area contributed by atoms with Gasteiger partial charge in [-0.1, -0.05) is 80.5 Å². The maximum absolute atomic E-state index is 12.8. The number of aromatic nitrogens is 2. The predicted octanol–water partition coefficient (Wildman–Crippen LogP) is 5.76. The van der Waals surface area contributed by atoms with E-state index in [9.17, 15) is 4.79 Å². The molecule has 4 rings (SSSR count). The van der Waals surface area contributed by atoms with Crippen molar-refractivity contribution in [2.45, 2.75) is 76.5 Å². The molecule has 0 aromatic carbocycles. The average molecular weight is 553 g/mol. The number of carbonyl (C=O) groups is 1. The molecule has 1 aromatic rings. The maximum Gasteiger partial charge on any atom is 0.253 e. The lowest BCUT2D eigenvalue weighted by Gasteiger charge is -2.25. The number of carbonyl (C=O) groups excluding carboxylic acids is 1. The molecule has 215 valence electrons. The summed E-state index contributed by atoms with van der Waals surface area (Å²) in [4.78, 5) is 22.2. The van der Waals surface area contributed by atoms with Gasteiger partial charge in [0.25, 0.3) is 5.91 Å². The SMILES string of the molecule is [CH]=C(CC(CCCC)c1ccnc(NC2[CH]C(NC(=O)C3CCC(CN)O3)=CC=C2C)n1)C1=C[CH]\C=C/C=C\C=C/1. The van der Waals surface area contributed by atoms with Crippen LogP contribution < -0.4 is 16.4 Å². The zero-order valence-corrected chi connectivity index (χ0v) is 24.1. The van der Waals surface area contributed by atoms with E-state index in [1.54, 1.807) is 6.20 Å².